The van der Waals surface area contributed by atoms with E-state index in [2.05, 4.69) is 0 Å². The minimum Gasteiger partial charge on any atom is -0.281 e. The van der Waals surface area contributed by atoms with Crippen LogP contribution < -0.4 is 0 Å². The average Bonchev–Trinajstić information content (AvgIpc) is 2.39. The van der Waals surface area contributed by atoms with Crippen molar-refractivity contribution in [2.75, 3.05) is 0 Å². The van der Waals surface area contributed by atoms with E-state index in [0.29, 0.717) is 0 Å². The van der Waals surface area contributed by atoms with Crippen molar-refractivity contribution >= 4 is 16.9 Å². The second kappa shape index (κ2) is 5.48. The van der Waals surface area contributed by atoms with Crippen LogP contribution in [0.1, 0.15) is 15.9 Å². The molecule has 1 nitrogen and oxygen atoms in total. The van der Waals surface area contributed by atoms with E-state index in [4.69, 9.17) is 0 Å². The van der Waals surface area contributed by atoms with Gasteiger partial charge < -0.3 is 0 Å². The number of hydrogen-bond donors (Lipinski definition) is 0. The van der Waals surface area contributed by atoms with Crippen molar-refractivity contribution in [3.63, 3.8) is 0 Å². The van der Waals surface area contributed by atoms with E-state index in [-0.39, 0.29) is 10.7 Å². The van der Waals surface area contributed by atoms with Crippen LogP contribution >= 0.6 is 11.8 Å². The zero-order chi connectivity index (χ0) is 13.9. The van der Waals surface area contributed by atoms with E-state index < -0.39 is 11.7 Å². The fraction of sp³-hybridized carbons (Fsp3) is 0.0714. The topological polar surface area (TPSA) is 17.1 Å². The van der Waals surface area contributed by atoms with Gasteiger partial charge in [-0.25, -0.2) is 0 Å². The Bertz CT molecular complexity index is 561. The minimum absolute atomic E-state index is 0.252. The maximum Gasteiger partial charge on any atom is 0.416 e. The van der Waals surface area contributed by atoms with Crippen LogP contribution in [0.25, 0.3) is 0 Å². The van der Waals surface area contributed by atoms with Gasteiger partial charge in [0, 0.05) is 10.5 Å². The maximum absolute atomic E-state index is 12.4. The summed E-state index contributed by atoms with van der Waals surface area (Å²) >= 11 is 0.990. The first-order chi connectivity index (χ1) is 8.97. The quantitative estimate of drug-likeness (QED) is 0.746. The highest BCUT2D eigenvalue weighted by Crippen LogP contribution is 2.30. The molecule has 0 saturated heterocycles. The van der Waals surface area contributed by atoms with Crippen LogP contribution in [0, 0.1) is 0 Å². The number of halogens is 3. The SMILES string of the molecule is O=C(Sc1ccccc1)c1ccc(C(F)(F)F)cc1. The first-order valence-electron chi connectivity index (χ1n) is 5.41. The summed E-state index contributed by atoms with van der Waals surface area (Å²) in [6.45, 7) is 0. The van der Waals surface area contributed by atoms with Crippen LogP contribution in [0.2, 0.25) is 0 Å². The van der Waals surface area contributed by atoms with Crippen molar-refractivity contribution in [3.8, 4) is 0 Å². The summed E-state index contributed by atoms with van der Waals surface area (Å²) < 4.78 is 37.1. The highest BCUT2D eigenvalue weighted by molar-refractivity contribution is 8.14. The largest absolute Gasteiger partial charge is 0.416 e. The molecule has 0 fully saturated rings. The van der Waals surface area contributed by atoms with Crippen LogP contribution in [0.5, 0.6) is 0 Å². The normalized spacial score (nSPS) is 11.3. The lowest BCUT2D eigenvalue weighted by Crippen LogP contribution is -2.05. The monoisotopic (exact) mass is 282 g/mol. The molecule has 0 aliphatic heterocycles. The van der Waals surface area contributed by atoms with Crippen molar-refractivity contribution in [2.24, 2.45) is 0 Å². The van der Waals surface area contributed by atoms with Crippen molar-refractivity contribution in [3.05, 3.63) is 65.7 Å². The van der Waals surface area contributed by atoms with Gasteiger partial charge in [-0.3, -0.25) is 4.79 Å². The Morgan fingerprint density at radius 2 is 1.47 bits per heavy atom. The first kappa shape index (κ1) is 13.7. The molecule has 0 spiro atoms. The molecule has 0 N–H and O–H groups in total. The number of alkyl halides is 3. The Labute approximate surface area is 112 Å². The molecular weight excluding hydrogens is 273 g/mol. The third-order valence-corrected chi connectivity index (χ3v) is 3.33. The molecule has 0 radical (unpaired) electrons. The minimum atomic E-state index is -4.38. The van der Waals surface area contributed by atoms with Crippen molar-refractivity contribution in [2.45, 2.75) is 11.1 Å². The summed E-state index contributed by atoms with van der Waals surface area (Å²) in [4.78, 5) is 12.6. The molecule has 0 bridgehead atoms. The van der Waals surface area contributed by atoms with Gasteiger partial charge in [-0.05, 0) is 48.2 Å². The van der Waals surface area contributed by atoms with Gasteiger partial charge in [0.1, 0.15) is 0 Å². The maximum atomic E-state index is 12.4. The van der Waals surface area contributed by atoms with Gasteiger partial charge >= 0.3 is 6.18 Å². The predicted molar refractivity (Wildman–Crippen MR) is 68.1 cm³/mol. The smallest absolute Gasteiger partial charge is 0.281 e. The summed E-state index contributed by atoms with van der Waals surface area (Å²) in [5, 5.41) is -0.278. The van der Waals surface area contributed by atoms with Crippen molar-refractivity contribution in [1.82, 2.24) is 0 Å². The third kappa shape index (κ3) is 3.61. The molecule has 2 aromatic rings. The first-order valence-corrected chi connectivity index (χ1v) is 6.23. The summed E-state index contributed by atoms with van der Waals surface area (Å²) in [6, 6.07) is 13.2. The molecule has 98 valence electrons. The van der Waals surface area contributed by atoms with Gasteiger partial charge in [-0.1, -0.05) is 18.2 Å². The van der Waals surface area contributed by atoms with Crippen LogP contribution in [-0.4, -0.2) is 5.12 Å². The van der Waals surface area contributed by atoms with Gasteiger partial charge in [0.05, 0.1) is 5.56 Å². The second-order valence-electron chi connectivity index (χ2n) is 3.78. The lowest BCUT2D eigenvalue weighted by molar-refractivity contribution is -0.137. The molecule has 2 aromatic carbocycles. The highest BCUT2D eigenvalue weighted by atomic mass is 32.2. The standard InChI is InChI=1S/C14H9F3OS/c15-14(16,17)11-8-6-10(7-9-11)13(18)19-12-4-2-1-3-5-12/h1-9H. The van der Waals surface area contributed by atoms with E-state index in [1.807, 2.05) is 6.07 Å². The Morgan fingerprint density at radius 1 is 0.895 bits per heavy atom. The number of thioether (sulfide) groups is 1. The molecule has 5 heteroatoms. The molecule has 0 unspecified atom stereocenters. The van der Waals surface area contributed by atoms with E-state index in [1.54, 1.807) is 24.3 Å². The van der Waals surface area contributed by atoms with Crippen molar-refractivity contribution < 1.29 is 18.0 Å². The zero-order valence-electron chi connectivity index (χ0n) is 9.65. The van der Waals surface area contributed by atoms with Gasteiger partial charge in [0.2, 0.25) is 5.12 Å². The fourth-order valence-electron chi connectivity index (χ4n) is 1.45. The molecule has 0 amide bonds. The molecule has 0 heterocycles. The lowest BCUT2D eigenvalue weighted by Gasteiger charge is -2.07. The molecule has 19 heavy (non-hydrogen) atoms. The van der Waals surface area contributed by atoms with Crippen LogP contribution in [0.4, 0.5) is 13.2 Å². The molecule has 0 saturated carbocycles. The Kier molecular flexibility index (Phi) is 3.95. The number of carbonyl (C=O) groups is 1. The molecule has 0 aliphatic carbocycles. The number of benzene rings is 2. The van der Waals surface area contributed by atoms with Gasteiger partial charge in [0.15, 0.2) is 0 Å². The van der Waals surface area contributed by atoms with Gasteiger partial charge in [0.25, 0.3) is 0 Å². The van der Waals surface area contributed by atoms with E-state index in [9.17, 15) is 18.0 Å². The van der Waals surface area contributed by atoms with Crippen molar-refractivity contribution in [1.29, 1.82) is 0 Å². The van der Waals surface area contributed by atoms with E-state index in [1.165, 1.54) is 12.1 Å². The number of rotatable bonds is 2. The molecule has 0 atom stereocenters. The molecule has 0 aromatic heterocycles. The lowest BCUT2D eigenvalue weighted by atomic mass is 10.1. The van der Waals surface area contributed by atoms with E-state index >= 15 is 0 Å². The van der Waals surface area contributed by atoms with E-state index in [0.717, 1.165) is 28.8 Å². The Morgan fingerprint density at radius 3 is 2.00 bits per heavy atom. The molecule has 0 aliphatic rings. The summed E-state index contributed by atoms with van der Waals surface area (Å²) in [5.74, 6) is 0. The van der Waals surface area contributed by atoms with Gasteiger partial charge in [-0.15, -0.1) is 0 Å². The highest BCUT2D eigenvalue weighted by Gasteiger charge is 2.30. The molecule has 2 rings (SSSR count). The fourth-order valence-corrected chi connectivity index (χ4v) is 2.21. The predicted octanol–water partition coefficient (Wildman–Crippen LogP) is 4.64. The van der Waals surface area contributed by atoms with Crippen LogP contribution in [-0.2, 0) is 6.18 Å². The average molecular weight is 282 g/mol. The van der Waals surface area contributed by atoms with Crippen LogP contribution in [0.15, 0.2) is 59.5 Å². The molecular formula is C14H9F3OS. The summed E-state index contributed by atoms with van der Waals surface area (Å²) in [6.07, 6.45) is -4.38. The Balaban J connectivity index is 2.12. The summed E-state index contributed by atoms with van der Waals surface area (Å²) in [7, 11) is 0. The van der Waals surface area contributed by atoms with Gasteiger partial charge in [-0.2, -0.15) is 13.2 Å². The second-order valence-corrected chi connectivity index (χ2v) is 4.82. The third-order valence-electron chi connectivity index (χ3n) is 2.40. The van der Waals surface area contributed by atoms with Crippen LogP contribution in [0.3, 0.4) is 0 Å². The number of carbonyl (C=O) groups excluding carboxylic acids is 1. The Hall–Kier alpha value is -1.75. The summed E-state index contributed by atoms with van der Waals surface area (Å²) in [5.41, 5.74) is -0.504. The number of hydrogen-bond acceptors (Lipinski definition) is 2. The zero-order valence-corrected chi connectivity index (χ0v) is 10.5.